The fourth-order valence-electron chi connectivity index (χ4n) is 3.44. The van der Waals surface area contributed by atoms with E-state index in [2.05, 4.69) is 34.4 Å². The van der Waals surface area contributed by atoms with Gasteiger partial charge in [-0.25, -0.2) is 0 Å². The van der Waals surface area contributed by atoms with Crippen molar-refractivity contribution in [1.29, 1.82) is 0 Å². The first-order valence-corrected chi connectivity index (χ1v) is 9.80. The molecule has 0 saturated carbocycles. The van der Waals surface area contributed by atoms with E-state index in [0.717, 1.165) is 29.8 Å². The molecule has 150 valence electrons. The second-order valence-electron chi connectivity index (χ2n) is 7.58. The Morgan fingerprint density at radius 3 is 2.70 bits per heavy atom. The first kappa shape index (κ1) is 19.6. The van der Waals surface area contributed by atoms with E-state index in [1.807, 2.05) is 18.2 Å². The Kier molecular flexibility index (Phi) is 6.66. The number of guanidine groups is 1. The van der Waals surface area contributed by atoms with Crippen molar-refractivity contribution in [2.45, 2.75) is 38.6 Å². The first-order valence-electron chi connectivity index (χ1n) is 9.80. The molecule has 1 saturated heterocycles. The Balaban J connectivity index is 1.37. The van der Waals surface area contributed by atoms with Crippen LogP contribution in [0.1, 0.15) is 33.1 Å². The molecule has 2 aliphatic rings. The molecule has 0 bridgehead atoms. The van der Waals surface area contributed by atoms with E-state index in [0.29, 0.717) is 13.2 Å². The molecule has 1 aromatic carbocycles. The largest absolute Gasteiger partial charge is 0.492 e. The summed E-state index contributed by atoms with van der Waals surface area (Å²) in [6, 6.07) is 5.62. The molecule has 0 aromatic heterocycles. The number of nitrogens with one attached hydrogen (secondary N) is 2. The predicted octanol–water partition coefficient (Wildman–Crippen LogP) is 2.22. The Morgan fingerprint density at radius 2 is 1.93 bits per heavy atom. The van der Waals surface area contributed by atoms with Crippen molar-refractivity contribution in [3.63, 3.8) is 0 Å². The van der Waals surface area contributed by atoms with E-state index >= 15 is 0 Å². The minimum Gasteiger partial charge on any atom is -0.492 e. The molecule has 1 fully saturated rings. The van der Waals surface area contributed by atoms with E-state index in [1.54, 1.807) is 7.05 Å². The third-order valence-corrected chi connectivity index (χ3v) is 5.13. The standard InChI is InChI=1S/C20H32N4O3/c1-20(2,24-10-5-4-6-11-24)14-23-19(21-3)22-9-12-25-16-7-8-17-18(13-16)27-15-26-17/h7-8,13H,4-6,9-12,14-15H2,1-3H3,(H2,21,22,23). The molecule has 1 aromatic rings. The zero-order valence-electron chi connectivity index (χ0n) is 16.7. The van der Waals surface area contributed by atoms with Gasteiger partial charge >= 0.3 is 0 Å². The van der Waals surface area contributed by atoms with Crippen LogP contribution >= 0.6 is 0 Å². The van der Waals surface area contributed by atoms with Gasteiger partial charge in [0.2, 0.25) is 6.79 Å². The van der Waals surface area contributed by atoms with Crippen LogP contribution in [-0.4, -0.2) is 63.0 Å². The molecule has 0 unspecified atom stereocenters. The number of ether oxygens (including phenoxy) is 3. The van der Waals surface area contributed by atoms with Crippen molar-refractivity contribution >= 4 is 5.96 Å². The van der Waals surface area contributed by atoms with Crippen LogP contribution in [0.4, 0.5) is 0 Å². The summed E-state index contributed by atoms with van der Waals surface area (Å²) in [5.41, 5.74) is 0.112. The highest BCUT2D eigenvalue weighted by Gasteiger charge is 2.27. The van der Waals surface area contributed by atoms with Crippen LogP contribution in [0.3, 0.4) is 0 Å². The Morgan fingerprint density at radius 1 is 1.15 bits per heavy atom. The topological polar surface area (TPSA) is 67.4 Å². The number of fused-ring (bicyclic) bond motifs is 1. The summed E-state index contributed by atoms with van der Waals surface area (Å²) >= 11 is 0. The zero-order chi connectivity index (χ0) is 19.1. The van der Waals surface area contributed by atoms with E-state index in [1.165, 1.54) is 32.4 Å². The highest BCUT2D eigenvalue weighted by atomic mass is 16.7. The van der Waals surface area contributed by atoms with Crippen molar-refractivity contribution < 1.29 is 14.2 Å². The summed E-state index contributed by atoms with van der Waals surface area (Å²) in [6.07, 6.45) is 3.95. The predicted molar refractivity (Wildman–Crippen MR) is 107 cm³/mol. The molecular formula is C20H32N4O3. The van der Waals surface area contributed by atoms with E-state index in [9.17, 15) is 0 Å². The number of benzene rings is 1. The van der Waals surface area contributed by atoms with Gasteiger partial charge in [-0.05, 0) is 51.9 Å². The molecule has 2 aliphatic heterocycles. The highest BCUT2D eigenvalue weighted by Crippen LogP contribution is 2.34. The lowest BCUT2D eigenvalue weighted by molar-refractivity contribution is 0.0982. The summed E-state index contributed by atoms with van der Waals surface area (Å²) in [5.74, 6) is 3.07. The van der Waals surface area contributed by atoms with Crippen LogP contribution in [0.2, 0.25) is 0 Å². The maximum atomic E-state index is 5.78. The van der Waals surface area contributed by atoms with Gasteiger partial charge in [0.1, 0.15) is 12.4 Å². The van der Waals surface area contributed by atoms with Gasteiger partial charge in [0.05, 0.1) is 6.54 Å². The maximum absolute atomic E-state index is 5.78. The van der Waals surface area contributed by atoms with E-state index < -0.39 is 0 Å². The van der Waals surface area contributed by atoms with Crippen LogP contribution in [0.25, 0.3) is 0 Å². The summed E-state index contributed by atoms with van der Waals surface area (Å²) < 4.78 is 16.4. The van der Waals surface area contributed by atoms with E-state index in [4.69, 9.17) is 14.2 Å². The molecule has 3 rings (SSSR count). The van der Waals surface area contributed by atoms with Crippen LogP contribution in [0.15, 0.2) is 23.2 Å². The van der Waals surface area contributed by atoms with Crippen LogP contribution in [0, 0.1) is 0 Å². The molecule has 0 aliphatic carbocycles. The Hall–Kier alpha value is -2.15. The van der Waals surface area contributed by atoms with Crippen LogP contribution in [0.5, 0.6) is 17.2 Å². The molecule has 0 spiro atoms. The molecule has 27 heavy (non-hydrogen) atoms. The molecule has 7 heteroatoms. The van der Waals surface area contributed by atoms with Gasteiger partial charge < -0.3 is 24.8 Å². The van der Waals surface area contributed by atoms with Crippen LogP contribution in [-0.2, 0) is 0 Å². The molecular weight excluding hydrogens is 344 g/mol. The zero-order valence-corrected chi connectivity index (χ0v) is 16.7. The monoisotopic (exact) mass is 376 g/mol. The highest BCUT2D eigenvalue weighted by molar-refractivity contribution is 5.79. The average molecular weight is 377 g/mol. The second-order valence-corrected chi connectivity index (χ2v) is 7.58. The van der Waals surface area contributed by atoms with Gasteiger partial charge in [0, 0.05) is 25.2 Å². The number of aliphatic imine (C=N–C) groups is 1. The van der Waals surface area contributed by atoms with Crippen molar-refractivity contribution in [2.24, 2.45) is 4.99 Å². The van der Waals surface area contributed by atoms with Crippen molar-refractivity contribution in [2.75, 3.05) is 46.6 Å². The van der Waals surface area contributed by atoms with Crippen molar-refractivity contribution in [1.82, 2.24) is 15.5 Å². The smallest absolute Gasteiger partial charge is 0.231 e. The third-order valence-electron chi connectivity index (χ3n) is 5.13. The fourth-order valence-corrected chi connectivity index (χ4v) is 3.44. The molecule has 0 radical (unpaired) electrons. The number of rotatable bonds is 7. The normalized spacial score (nSPS) is 17.7. The third kappa shape index (κ3) is 5.42. The van der Waals surface area contributed by atoms with Gasteiger partial charge in [0.15, 0.2) is 17.5 Å². The van der Waals surface area contributed by atoms with Gasteiger partial charge in [-0.3, -0.25) is 9.89 Å². The number of likely N-dealkylation sites (tertiary alicyclic amines) is 1. The molecule has 2 heterocycles. The molecule has 7 nitrogen and oxygen atoms in total. The Bertz CT molecular complexity index is 642. The van der Waals surface area contributed by atoms with Crippen molar-refractivity contribution in [3.05, 3.63) is 18.2 Å². The van der Waals surface area contributed by atoms with Gasteiger partial charge in [-0.2, -0.15) is 0 Å². The second kappa shape index (κ2) is 9.17. The van der Waals surface area contributed by atoms with Gasteiger partial charge in [-0.1, -0.05) is 6.42 Å². The lowest BCUT2D eigenvalue weighted by Gasteiger charge is -2.41. The summed E-state index contributed by atoms with van der Waals surface area (Å²) in [7, 11) is 1.79. The summed E-state index contributed by atoms with van der Waals surface area (Å²) in [4.78, 5) is 6.88. The van der Waals surface area contributed by atoms with E-state index in [-0.39, 0.29) is 12.3 Å². The molecule has 0 amide bonds. The van der Waals surface area contributed by atoms with Gasteiger partial charge in [0.25, 0.3) is 0 Å². The molecule has 0 atom stereocenters. The van der Waals surface area contributed by atoms with Crippen LogP contribution < -0.4 is 24.8 Å². The summed E-state index contributed by atoms with van der Waals surface area (Å²) in [6.45, 7) is 9.29. The quantitative estimate of drug-likeness (QED) is 0.432. The average Bonchev–Trinajstić information content (AvgIpc) is 3.16. The van der Waals surface area contributed by atoms with Crippen molar-refractivity contribution in [3.8, 4) is 17.2 Å². The number of hydrogen-bond donors (Lipinski definition) is 2. The maximum Gasteiger partial charge on any atom is 0.231 e. The SMILES string of the molecule is CN=C(NCCOc1ccc2c(c1)OCO2)NCC(C)(C)N1CCCCC1. The lowest BCUT2D eigenvalue weighted by Crippen LogP contribution is -2.55. The number of piperidine rings is 1. The fraction of sp³-hybridized carbons (Fsp3) is 0.650. The molecule has 2 N–H and O–H groups in total. The minimum absolute atomic E-state index is 0.112. The van der Waals surface area contributed by atoms with Gasteiger partial charge in [-0.15, -0.1) is 0 Å². The lowest BCUT2D eigenvalue weighted by atomic mass is 9.98. The Labute approximate surface area is 162 Å². The minimum atomic E-state index is 0.112. The number of nitrogens with zero attached hydrogens (tertiary/aromatic N) is 2. The number of hydrogen-bond acceptors (Lipinski definition) is 5. The summed E-state index contributed by atoms with van der Waals surface area (Å²) in [5, 5.41) is 6.75. The first-order chi connectivity index (χ1) is 13.1.